The van der Waals surface area contributed by atoms with Gasteiger partial charge in [-0.15, -0.1) is 0 Å². The summed E-state index contributed by atoms with van der Waals surface area (Å²) in [6, 6.07) is 14.0. The molecule has 0 spiro atoms. The van der Waals surface area contributed by atoms with E-state index in [9.17, 15) is 14.4 Å². The van der Waals surface area contributed by atoms with Gasteiger partial charge in [-0.25, -0.2) is 4.79 Å². The average Bonchev–Trinajstić information content (AvgIpc) is 2.73. The number of nitrogens with one attached hydrogen (secondary N) is 2. The van der Waals surface area contributed by atoms with Crippen LogP contribution in [0, 0.1) is 6.92 Å². The molecule has 2 rings (SSSR count). The number of carbonyl (C=O) groups excluding carboxylic acids is 3. The smallest absolute Gasteiger partial charge is 0.434 e. The molecule has 2 aromatic carbocycles. The third kappa shape index (κ3) is 8.18. The number of ether oxygens (including phenoxy) is 2. The highest BCUT2D eigenvalue weighted by Gasteiger charge is 2.08. The van der Waals surface area contributed by atoms with E-state index in [1.807, 2.05) is 31.2 Å². The molecule has 7 nitrogen and oxygen atoms in total. The van der Waals surface area contributed by atoms with E-state index >= 15 is 0 Å². The third-order valence-corrected chi connectivity index (χ3v) is 4.02. The summed E-state index contributed by atoms with van der Waals surface area (Å²) in [6.07, 6.45) is 3.06. The Morgan fingerprint density at radius 3 is 2.27 bits per heavy atom. The summed E-state index contributed by atoms with van der Waals surface area (Å²) in [4.78, 5) is 35.2. The summed E-state index contributed by atoms with van der Waals surface area (Å²) in [6.45, 7) is 4.78. The van der Waals surface area contributed by atoms with Crippen LogP contribution in [0.3, 0.4) is 0 Å². The van der Waals surface area contributed by atoms with Crippen LogP contribution in [0.1, 0.15) is 34.8 Å². The van der Waals surface area contributed by atoms with E-state index < -0.39 is 6.16 Å². The van der Waals surface area contributed by atoms with Crippen LogP contribution in [0.5, 0.6) is 5.75 Å². The van der Waals surface area contributed by atoms with Crippen molar-refractivity contribution in [1.82, 2.24) is 10.6 Å². The molecular formula is C23H26N2O5. The maximum Gasteiger partial charge on any atom is 0.513 e. The lowest BCUT2D eigenvalue weighted by molar-refractivity contribution is -0.116. The van der Waals surface area contributed by atoms with Gasteiger partial charge in [-0.05, 0) is 56.2 Å². The van der Waals surface area contributed by atoms with Gasteiger partial charge in [0.05, 0.1) is 6.61 Å². The molecular weight excluding hydrogens is 384 g/mol. The van der Waals surface area contributed by atoms with Crippen LogP contribution in [-0.4, -0.2) is 37.7 Å². The van der Waals surface area contributed by atoms with E-state index in [2.05, 4.69) is 15.4 Å². The molecule has 158 valence electrons. The van der Waals surface area contributed by atoms with E-state index in [0.29, 0.717) is 30.8 Å². The highest BCUT2D eigenvalue weighted by molar-refractivity contribution is 5.94. The van der Waals surface area contributed by atoms with Crippen molar-refractivity contribution in [2.75, 3.05) is 19.7 Å². The van der Waals surface area contributed by atoms with Gasteiger partial charge in [0.25, 0.3) is 5.91 Å². The first-order valence-corrected chi connectivity index (χ1v) is 9.73. The van der Waals surface area contributed by atoms with E-state index in [1.54, 1.807) is 25.1 Å². The first-order chi connectivity index (χ1) is 14.5. The zero-order valence-corrected chi connectivity index (χ0v) is 17.1. The number of hydrogen-bond acceptors (Lipinski definition) is 5. The van der Waals surface area contributed by atoms with Gasteiger partial charge in [-0.2, -0.15) is 0 Å². The second kappa shape index (κ2) is 12.1. The topological polar surface area (TPSA) is 93.7 Å². The fourth-order valence-corrected chi connectivity index (χ4v) is 2.43. The Kier molecular flexibility index (Phi) is 9.12. The van der Waals surface area contributed by atoms with Crippen LogP contribution in [-0.2, 0) is 9.53 Å². The molecule has 0 fully saturated rings. The molecule has 2 N–H and O–H groups in total. The van der Waals surface area contributed by atoms with Gasteiger partial charge in [-0.3, -0.25) is 9.59 Å². The van der Waals surface area contributed by atoms with E-state index in [1.165, 1.54) is 23.8 Å². The number of hydrogen-bond donors (Lipinski definition) is 2. The molecule has 0 atom stereocenters. The standard InChI is InChI=1S/C23H26N2O5/c1-3-29-23(28)30-20-12-10-19(11-13-20)22(27)25-16-4-15-24-21(26)14-9-18-7-5-17(2)6-8-18/h5-14H,3-4,15-16H2,1-2H3,(H,24,26)(H,25,27)/b14-9+. The number of aryl methyl sites for hydroxylation is 1. The second-order valence-corrected chi connectivity index (χ2v) is 6.45. The van der Waals surface area contributed by atoms with E-state index in [0.717, 1.165) is 5.56 Å². The van der Waals surface area contributed by atoms with Crippen LogP contribution in [0.25, 0.3) is 6.08 Å². The molecule has 0 saturated carbocycles. The Balaban J connectivity index is 1.65. The number of rotatable bonds is 9. The Morgan fingerprint density at radius 1 is 0.933 bits per heavy atom. The molecule has 0 aliphatic rings. The molecule has 0 aliphatic carbocycles. The third-order valence-electron chi connectivity index (χ3n) is 4.02. The first-order valence-electron chi connectivity index (χ1n) is 9.73. The van der Waals surface area contributed by atoms with Crippen LogP contribution >= 0.6 is 0 Å². The van der Waals surface area contributed by atoms with Gasteiger partial charge in [0.2, 0.25) is 5.91 Å². The van der Waals surface area contributed by atoms with Gasteiger partial charge in [0, 0.05) is 24.7 Å². The van der Waals surface area contributed by atoms with Crippen molar-refractivity contribution >= 4 is 24.0 Å². The highest BCUT2D eigenvalue weighted by Crippen LogP contribution is 2.13. The van der Waals surface area contributed by atoms with Gasteiger partial charge in [0.15, 0.2) is 0 Å². The fraction of sp³-hybridized carbons (Fsp3) is 0.261. The Hall–Kier alpha value is -3.61. The number of benzene rings is 2. The fourth-order valence-electron chi connectivity index (χ4n) is 2.43. The van der Waals surface area contributed by atoms with Crippen molar-refractivity contribution < 1.29 is 23.9 Å². The van der Waals surface area contributed by atoms with Gasteiger partial charge < -0.3 is 20.1 Å². The minimum atomic E-state index is -0.787. The molecule has 7 heteroatoms. The molecule has 2 amide bonds. The summed E-state index contributed by atoms with van der Waals surface area (Å²) >= 11 is 0. The lowest BCUT2D eigenvalue weighted by Gasteiger charge is -2.07. The second-order valence-electron chi connectivity index (χ2n) is 6.45. The molecule has 0 aromatic heterocycles. The number of carbonyl (C=O) groups is 3. The van der Waals surface area contributed by atoms with Crippen molar-refractivity contribution in [3.8, 4) is 5.75 Å². The zero-order valence-electron chi connectivity index (χ0n) is 17.1. The first kappa shape index (κ1) is 22.7. The zero-order chi connectivity index (χ0) is 21.8. The Labute approximate surface area is 176 Å². The minimum Gasteiger partial charge on any atom is -0.434 e. The molecule has 0 heterocycles. The van der Waals surface area contributed by atoms with Crippen molar-refractivity contribution in [1.29, 1.82) is 0 Å². The van der Waals surface area contributed by atoms with Crippen molar-refractivity contribution in [3.05, 3.63) is 71.3 Å². The van der Waals surface area contributed by atoms with Crippen molar-refractivity contribution in [2.45, 2.75) is 20.3 Å². The summed E-state index contributed by atoms with van der Waals surface area (Å²) < 4.78 is 9.62. The number of amides is 2. The lowest BCUT2D eigenvalue weighted by Crippen LogP contribution is -2.29. The predicted octanol–water partition coefficient (Wildman–Crippen LogP) is 3.48. The summed E-state index contributed by atoms with van der Waals surface area (Å²) in [7, 11) is 0. The Bertz CT molecular complexity index is 873. The van der Waals surface area contributed by atoms with Gasteiger partial charge in [0.1, 0.15) is 5.75 Å². The Morgan fingerprint density at radius 2 is 1.60 bits per heavy atom. The summed E-state index contributed by atoms with van der Waals surface area (Å²) in [5.74, 6) is -0.131. The summed E-state index contributed by atoms with van der Waals surface area (Å²) in [5.41, 5.74) is 2.57. The maximum atomic E-state index is 12.1. The average molecular weight is 410 g/mol. The van der Waals surface area contributed by atoms with Gasteiger partial charge >= 0.3 is 6.16 Å². The molecule has 0 radical (unpaired) electrons. The predicted molar refractivity (Wildman–Crippen MR) is 114 cm³/mol. The SMILES string of the molecule is CCOC(=O)Oc1ccc(C(=O)NCCCNC(=O)/C=C/c2ccc(C)cc2)cc1. The summed E-state index contributed by atoms with van der Waals surface area (Å²) in [5, 5.41) is 5.55. The quantitative estimate of drug-likeness (QED) is 0.286. The minimum absolute atomic E-state index is 0.181. The lowest BCUT2D eigenvalue weighted by atomic mass is 10.1. The maximum absolute atomic E-state index is 12.1. The molecule has 0 saturated heterocycles. The van der Waals surface area contributed by atoms with E-state index in [4.69, 9.17) is 4.74 Å². The van der Waals surface area contributed by atoms with Crippen molar-refractivity contribution in [3.63, 3.8) is 0 Å². The van der Waals surface area contributed by atoms with Crippen LogP contribution in [0.2, 0.25) is 0 Å². The van der Waals surface area contributed by atoms with Crippen molar-refractivity contribution in [2.24, 2.45) is 0 Å². The van der Waals surface area contributed by atoms with Crippen LogP contribution in [0.15, 0.2) is 54.6 Å². The molecule has 2 aromatic rings. The molecule has 0 bridgehead atoms. The van der Waals surface area contributed by atoms with E-state index in [-0.39, 0.29) is 18.4 Å². The van der Waals surface area contributed by atoms with Crippen LogP contribution < -0.4 is 15.4 Å². The molecule has 0 unspecified atom stereocenters. The largest absolute Gasteiger partial charge is 0.513 e. The van der Waals surface area contributed by atoms with Crippen LogP contribution in [0.4, 0.5) is 4.79 Å². The highest BCUT2D eigenvalue weighted by atomic mass is 16.7. The monoisotopic (exact) mass is 410 g/mol. The van der Waals surface area contributed by atoms with Gasteiger partial charge in [-0.1, -0.05) is 29.8 Å². The normalized spacial score (nSPS) is 10.5. The molecule has 0 aliphatic heterocycles. The molecule has 30 heavy (non-hydrogen) atoms.